The van der Waals surface area contributed by atoms with Crippen LogP contribution in [-0.2, 0) is 16.3 Å². The highest BCUT2D eigenvalue weighted by molar-refractivity contribution is 7.91. The van der Waals surface area contributed by atoms with Gasteiger partial charge < -0.3 is 11.1 Å². The summed E-state index contributed by atoms with van der Waals surface area (Å²) >= 11 is 0. The molecule has 1 aliphatic heterocycles. The van der Waals surface area contributed by atoms with E-state index in [1.54, 1.807) is 0 Å². The third-order valence-electron chi connectivity index (χ3n) is 3.28. The first-order valence-electron chi connectivity index (χ1n) is 6.58. The van der Waals surface area contributed by atoms with Gasteiger partial charge in [0.05, 0.1) is 11.5 Å². The molecule has 0 saturated carbocycles. The Kier molecular flexibility index (Phi) is 4.24. The molecule has 0 aliphatic carbocycles. The lowest BCUT2D eigenvalue weighted by Gasteiger charge is -2.24. The Morgan fingerprint density at radius 3 is 2.95 bits per heavy atom. The summed E-state index contributed by atoms with van der Waals surface area (Å²) in [6.45, 7) is 2.06. The van der Waals surface area contributed by atoms with E-state index in [-0.39, 0.29) is 11.8 Å². The van der Waals surface area contributed by atoms with Crippen molar-refractivity contribution in [3.05, 3.63) is 11.9 Å². The first-order valence-corrected chi connectivity index (χ1v) is 8.40. The smallest absolute Gasteiger partial charge is 0.152 e. The van der Waals surface area contributed by atoms with E-state index in [0.29, 0.717) is 23.8 Å². The molecule has 106 valence electrons. The SMILES string of the molecule is CCCc1c(N)ncnc1NC1CCCS(=O)(=O)C1. The topological polar surface area (TPSA) is 98.0 Å². The molecule has 0 aromatic carbocycles. The molecule has 6 nitrogen and oxygen atoms in total. The summed E-state index contributed by atoms with van der Waals surface area (Å²) in [5, 5.41) is 3.22. The molecule has 19 heavy (non-hydrogen) atoms. The van der Waals surface area contributed by atoms with Gasteiger partial charge in [-0.1, -0.05) is 13.3 Å². The van der Waals surface area contributed by atoms with Gasteiger partial charge in [0.15, 0.2) is 9.84 Å². The van der Waals surface area contributed by atoms with Crippen LogP contribution in [0.4, 0.5) is 11.6 Å². The standard InChI is InChI=1S/C12H20N4O2S/c1-2-4-10-11(13)14-8-15-12(10)16-9-5-3-6-19(17,18)7-9/h8-9H,2-7H2,1H3,(H3,13,14,15,16). The second-order valence-corrected chi connectivity index (χ2v) is 7.16. The van der Waals surface area contributed by atoms with Gasteiger partial charge in [0.1, 0.15) is 18.0 Å². The van der Waals surface area contributed by atoms with Gasteiger partial charge in [0.25, 0.3) is 0 Å². The first-order chi connectivity index (χ1) is 9.02. The van der Waals surface area contributed by atoms with E-state index in [1.807, 2.05) is 0 Å². The zero-order chi connectivity index (χ0) is 13.9. The van der Waals surface area contributed by atoms with E-state index in [1.165, 1.54) is 6.33 Å². The highest BCUT2D eigenvalue weighted by Gasteiger charge is 2.25. The van der Waals surface area contributed by atoms with Crippen molar-refractivity contribution < 1.29 is 8.42 Å². The van der Waals surface area contributed by atoms with Crippen LogP contribution in [-0.4, -0.2) is 35.9 Å². The molecular weight excluding hydrogens is 264 g/mol. The van der Waals surface area contributed by atoms with E-state index in [2.05, 4.69) is 22.2 Å². The van der Waals surface area contributed by atoms with Crippen LogP contribution in [0.1, 0.15) is 31.7 Å². The van der Waals surface area contributed by atoms with Gasteiger partial charge in [0.2, 0.25) is 0 Å². The predicted octanol–water partition coefficient (Wildman–Crippen LogP) is 1.00. The molecule has 7 heteroatoms. The average Bonchev–Trinajstić information content (AvgIpc) is 2.32. The second kappa shape index (κ2) is 5.73. The molecule has 1 aromatic heterocycles. The fourth-order valence-electron chi connectivity index (χ4n) is 2.38. The lowest BCUT2D eigenvalue weighted by atomic mass is 10.1. The minimum absolute atomic E-state index is 0.0799. The van der Waals surface area contributed by atoms with Gasteiger partial charge >= 0.3 is 0 Å². The highest BCUT2D eigenvalue weighted by atomic mass is 32.2. The minimum Gasteiger partial charge on any atom is -0.383 e. The van der Waals surface area contributed by atoms with Crippen molar-refractivity contribution in [1.29, 1.82) is 0 Å². The number of nitrogen functional groups attached to an aromatic ring is 1. The number of rotatable bonds is 4. The fourth-order valence-corrected chi connectivity index (χ4v) is 4.01. The number of nitrogens with two attached hydrogens (primary N) is 1. The minimum atomic E-state index is -2.92. The Bertz CT molecular complexity index is 545. The van der Waals surface area contributed by atoms with Crippen LogP contribution in [0.15, 0.2) is 6.33 Å². The molecule has 2 heterocycles. The van der Waals surface area contributed by atoms with Gasteiger partial charge in [-0.3, -0.25) is 0 Å². The molecule has 2 rings (SSSR count). The van der Waals surface area contributed by atoms with E-state index >= 15 is 0 Å². The monoisotopic (exact) mass is 284 g/mol. The Morgan fingerprint density at radius 1 is 1.47 bits per heavy atom. The molecule has 3 N–H and O–H groups in total. The summed E-state index contributed by atoms with van der Waals surface area (Å²) in [6, 6.07) is -0.0799. The maximum absolute atomic E-state index is 11.6. The summed E-state index contributed by atoms with van der Waals surface area (Å²) in [5.74, 6) is 1.61. The Labute approximate surface area is 113 Å². The lowest BCUT2D eigenvalue weighted by molar-refractivity contribution is 0.561. The molecule has 0 amide bonds. The summed E-state index contributed by atoms with van der Waals surface area (Å²) in [7, 11) is -2.92. The number of nitrogens with one attached hydrogen (secondary N) is 1. The molecule has 1 aliphatic rings. The van der Waals surface area contributed by atoms with Gasteiger partial charge in [0, 0.05) is 11.6 Å². The third-order valence-corrected chi connectivity index (χ3v) is 5.10. The van der Waals surface area contributed by atoms with Crippen molar-refractivity contribution in [3.63, 3.8) is 0 Å². The van der Waals surface area contributed by atoms with Crippen LogP contribution >= 0.6 is 0 Å². The van der Waals surface area contributed by atoms with Crippen LogP contribution < -0.4 is 11.1 Å². The van der Waals surface area contributed by atoms with Crippen molar-refractivity contribution in [1.82, 2.24) is 9.97 Å². The van der Waals surface area contributed by atoms with Gasteiger partial charge in [-0.25, -0.2) is 18.4 Å². The van der Waals surface area contributed by atoms with Crippen molar-refractivity contribution in [3.8, 4) is 0 Å². The third kappa shape index (κ3) is 3.56. The van der Waals surface area contributed by atoms with Crippen molar-refractivity contribution >= 4 is 21.5 Å². The quantitative estimate of drug-likeness (QED) is 0.856. The Hall–Kier alpha value is -1.37. The van der Waals surface area contributed by atoms with Gasteiger partial charge in [-0.2, -0.15) is 0 Å². The van der Waals surface area contributed by atoms with Gasteiger partial charge in [-0.15, -0.1) is 0 Å². The molecule has 1 unspecified atom stereocenters. The normalized spacial score (nSPS) is 22.1. The fraction of sp³-hybridized carbons (Fsp3) is 0.667. The number of nitrogens with zero attached hydrogens (tertiary/aromatic N) is 2. The number of sulfone groups is 1. The zero-order valence-corrected chi connectivity index (χ0v) is 11.9. The van der Waals surface area contributed by atoms with Crippen LogP contribution in [0.3, 0.4) is 0 Å². The maximum atomic E-state index is 11.6. The molecular formula is C12H20N4O2S. The highest BCUT2D eigenvalue weighted by Crippen LogP contribution is 2.22. The van der Waals surface area contributed by atoms with Crippen LogP contribution in [0.25, 0.3) is 0 Å². The molecule has 0 spiro atoms. The zero-order valence-electron chi connectivity index (χ0n) is 11.1. The van der Waals surface area contributed by atoms with E-state index in [0.717, 1.165) is 24.8 Å². The maximum Gasteiger partial charge on any atom is 0.152 e. The van der Waals surface area contributed by atoms with E-state index in [9.17, 15) is 8.42 Å². The van der Waals surface area contributed by atoms with Crippen molar-refractivity contribution in [2.75, 3.05) is 22.6 Å². The van der Waals surface area contributed by atoms with Crippen molar-refractivity contribution in [2.24, 2.45) is 0 Å². The number of hydrogen-bond acceptors (Lipinski definition) is 6. The Balaban J connectivity index is 2.16. The molecule has 1 saturated heterocycles. The second-order valence-electron chi connectivity index (χ2n) is 4.93. The molecule has 1 atom stereocenters. The summed E-state index contributed by atoms with van der Waals surface area (Å²) in [4.78, 5) is 8.19. The van der Waals surface area contributed by atoms with E-state index in [4.69, 9.17) is 5.73 Å². The number of aromatic nitrogens is 2. The average molecular weight is 284 g/mol. The lowest BCUT2D eigenvalue weighted by Crippen LogP contribution is -2.35. The predicted molar refractivity (Wildman–Crippen MR) is 75.7 cm³/mol. The first kappa shape index (κ1) is 14.0. The molecule has 1 aromatic rings. The molecule has 0 radical (unpaired) electrons. The van der Waals surface area contributed by atoms with Crippen molar-refractivity contribution in [2.45, 2.75) is 38.6 Å². The van der Waals surface area contributed by atoms with Crippen LogP contribution in [0.2, 0.25) is 0 Å². The number of hydrogen-bond donors (Lipinski definition) is 2. The Morgan fingerprint density at radius 2 is 2.26 bits per heavy atom. The van der Waals surface area contributed by atoms with E-state index < -0.39 is 9.84 Å². The molecule has 0 bridgehead atoms. The largest absolute Gasteiger partial charge is 0.383 e. The molecule has 1 fully saturated rings. The summed E-state index contributed by atoms with van der Waals surface area (Å²) in [5.41, 5.74) is 6.74. The van der Waals surface area contributed by atoms with Crippen LogP contribution in [0.5, 0.6) is 0 Å². The van der Waals surface area contributed by atoms with Gasteiger partial charge in [-0.05, 0) is 19.3 Å². The summed E-state index contributed by atoms with van der Waals surface area (Å²) in [6.07, 6.45) is 4.68. The van der Waals surface area contributed by atoms with Crippen LogP contribution in [0, 0.1) is 0 Å². The summed E-state index contributed by atoms with van der Waals surface area (Å²) < 4.78 is 23.3. The number of anilines is 2.